The first-order valence-corrected chi connectivity index (χ1v) is 11.6. The van der Waals surface area contributed by atoms with Crippen molar-refractivity contribution in [3.63, 3.8) is 0 Å². The number of halogens is 2. The predicted octanol–water partition coefficient (Wildman–Crippen LogP) is 5.12. The molecular weight excluding hydrogens is 453 g/mol. The van der Waals surface area contributed by atoms with Crippen molar-refractivity contribution in [1.29, 1.82) is 0 Å². The number of nitrogens with zero attached hydrogens (tertiary/aromatic N) is 3. The van der Waals surface area contributed by atoms with Crippen molar-refractivity contribution in [3.8, 4) is 0 Å². The molecule has 1 aliphatic heterocycles. The van der Waals surface area contributed by atoms with Crippen molar-refractivity contribution in [2.75, 3.05) is 11.4 Å². The number of amides is 1. The molecule has 1 atom stereocenters. The smallest absolute Gasteiger partial charge is 0.251 e. The molecule has 0 spiro atoms. The van der Waals surface area contributed by atoms with E-state index in [1.807, 2.05) is 26.0 Å². The van der Waals surface area contributed by atoms with E-state index >= 15 is 0 Å². The Morgan fingerprint density at radius 1 is 1.15 bits per heavy atom. The highest BCUT2D eigenvalue weighted by Gasteiger charge is 2.28. The van der Waals surface area contributed by atoms with Crippen molar-refractivity contribution in [3.05, 3.63) is 88.2 Å². The summed E-state index contributed by atoms with van der Waals surface area (Å²) >= 11 is 5.92. The third-order valence-corrected chi connectivity index (χ3v) is 6.28. The monoisotopic (exact) mass is 476 g/mol. The summed E-state index contributed by atoms with van der Waals surface area (Å²) in [6.45, 7) is 4.59. The fourth-order valence-electron chi connectivity index (χ4n) is 4.35. The number of aromatic amines is 1. The molecule has 34 heavy (non-hydrogen) atoms. The SMILES string of the molecule is Cc1nc2ccc(F)cc2c(N2CCCc3nc(C(C)NC(=O)c4ccc(Cl)cc4)ccc32)[nH+]1. The van der Waals surface area contributed by atoms with Crippen LogP contribution in [0, 0.1) is 12.7 Å². The van der Waals surface area contributed by atoms with Crippen LogP contribution in [0.2, 0.25) is 5.02 Å². The predicted molar refractivity (Wildman–Crippen MR) is 130 cm³/mol. The number of carbonyl (C=O) groups is 1. The van der Waals surface area contributed by atoms with Gasteiger partial charge in [-0.05, 0) is 74.4 Å². The van der Waals surface area contributed by atoms with Crippen LogP contribution in [-0.4, -0.2) is 22.4 Å². The number of hydrogen-bond donors (Lipinski definition) is 1. The average Bonchev–Trinajstić information content (AvgIpc) is 2.83. The van der Waals surface area contributed by atoms with Gasteiger partial charge < -0.3 is 5.32 Å². The molecule has 0 fully saturated rings. The maximum atomic E-state index is 14.1. The van der Waals surface area contributed by atoms with Crippen LogP contribution in [-0.2, 0) is 6.42 Å². The highest BCUT2D eigenvalue weighted by molar-refractivity contribution is 6.30. The van der Waals surface area contributed by atoms with Crippen LogP contribution in [0.1, 0.15) is 47.0 Å². The lowest BCUT2D eigenvalue weighted by Gasteiger charge is -2.27. The van der Waals surface area contributed by atoms with Gasteiger partial charge in [0, 0.05) is 17.5 Å². The van der Waals surface area contributed by atoms with Crippen LogP contribution in [0.3, 0.4) is 0 Å². The summed E-state index contributed by atoms with van der Waals surface area (Å²) in [5.74, 6) is 1.08. The fourth-order valence-corrected chi connectivity index (χ4v) is 4.48. The molecular formula is C26H24ClFN5O+. The Kier molecular flexibility index (Phi) is 5.87. The lowest BCUT2D eigenvalue weighted by molar-refractivity contribution is -0.376. The molecule has 1 amide bonds. The molecule has 3 heterocycles. The second kappa shape index (κ2) is 8.99. The van der Waals surface area contributed by atoms with E-state index in [9.17, 15) is 9.18 Å². The topological polar surface area (TPSA) is 72.3 Å². The third kappa shape index (κ3) is 4.31. The van der Waals surface area contributed by atoms with E-state index in [1.54, 1.807) is 30.3 Å². The van der Waals surface area contributed by atoms with Crippen LogP contribution in [0.15, 0.2) is 54.6 Å². The van der Waals surface area contributed by atoms with Crippen LogP contribution in [0.4, 0.5) is 15.9 Å². The largest absolute Gasteiger partial charge is 0.344 e. The molecule has 5 rings (SSSR count). The summed E-state index contributed by atoms with van der Waals surface area (Å²) in [4.78, 5) is 27.5. The molecule has 8 heteroatoms. The summed E-state index contributed by atoms with van der Waals surface area (Å²) in [6, 6.07) is 15.1. The van der Waals surface area contributed by atoms with Gasteiger partial charge in [0.15, 0.2) is 5.52 Å². The van der Waals surface area contributed by atoms with E-state index in [1.165, 1.54) is 12.1 Å². The minimum absolute atomic E-state index is 0.180. The lowest BCUT2D eigenvalue weighted by Crippen LogP contribution is -2.32. The number of pyridine rings is 1. The Bertz CT molecular complexity index is 1390. The first kappa shape index (κ1) is 22.2. The van der Waals surface area contributed by atoms with Crippen molar-refractivity contribution in [1.82, 2.24) is 15.3 Å². The minimum Gasteiger partial charge on any atom is -0.344 e. The van der Waals surface area contributed by atoms with Gasteiger partial charge in [-0.1, -0.05) is 11.6 Å². The first-order valence-electron chi connectivity index (χ1n) is 11.2. The summed E-state index contributed by atoms with van der Waals surface area (Å²) < 4.78 is 14.1. The van der Waals surface area contributed by atoms with Crippen LogP contribution in [0.25, 0.3) is 10.9 Å². The summed E-state index contributed by atoms with van der Waals surface area (Å²) in [5.41, 5.74) is 3.99. The zero-order valence-electron chi connectivity index (χ0n) is 18.9. The van der Waals surface area contributed by atoms with Gasteiger partial charge >= 0.3 is 0 Å². The second-order valence-corrected chi connectivity index (χ2v) is 8.93. The Balaban J connectivity index is 1.45. The molecule has 1 aliphatic rings. The van der Waals surface area contributed by atoms with E-state index < -0.39 is 0 Å². The molecule has 4 aromatic rings. The zero-order chi connectivity index (χ0) is 23.8. The van der Waals surface area contributed by atoms with Crippen molar-refractivity contribution >= 4 is 39.9 Å². The summed E-state index contributed by atoms with van der Waals surface area (Å²) in [7, 11) is 0. The quantitative estimate of drug-likeness (QED) is 0.443. The first-order chi connectivity index (χ1) is 16.4. The van der Waals surface area contributed by atoms with Gasteiger partial charge in [-0.2, -0.15) is 0 Å². The fraction of sp³-hybridized carbons (Fsp3) is 0.231. The number of fused-ring (bicyclic) bond motifs is 2. The van der Waals surface area contributed by atoms with E-state index in [0.29, 0.717) is 10.6 Å². The number of aromatic nitrogens is 3. The molecule has 6 nitrogen and oxygen atoms in total. The van der Waals surface area contributed by atoms with Gasteiger partial charge in [-0.25, -0.2) is 9.37 Å². The van der Waals surface area contributed by atoms with Crippen molar-refractivity contribution in [2.45, 2.75) is 32.7 Å². The van der Waals surface area contributed by atoms with Crippen molar-refractivity contribution < 1.29 is 14.2 Å². The van der Waals surface area contributed by atoms with E-state index in [0.717, 1.165) is 59.0 Å². The van der Waals surface area contributed by atoms with Gasteiger partial charge in [0.25, 0.3) is 5.91 Å². The highest BCUT2D eigenvalue weighted by atomic mass is 35.5. The Labute approximate surface area is 201 Å². The number of carbonyl (C=O) groups excluding carboxylic acids is 1. The number of aryl methyl sites for hydroxylation is 2. The third-order valence-electron chi connectivity index (χ3n) is 6.03. The van der Waals surface area contributed by atoms with Crippen LogP contribution >= 0.6 is 11.6 Å². The van der Waals surface area contributed by atoms with Gasteiger partial charge in [-0.3, -0.25) is 14.7 Å². The van der Waals surface area contributed by atoms with Crippen molar-refractivity contribution in [2.24, 2.45) is 0 Å². The Morgan fingerprint density at radius 3 is 2.74 bits per heavy atom. The second-order valence-electron chi connectivity index (χ2n) is 8.49. The van der Waals surface area contributed by atoms with Gasteiger partial charge in [0.05, 0.1) is 29.4 Å². The van der Waals surface area contributed by atoms with Gasteiger partial charge in [0.2, 0.25) is 11.6 Å². The highest BCUT2D eigenvalue weighted by Crippen LogP contribution is 2.34. The van der Waals surface area contributed by atoms with Gasteiger partial charge in [-0.15, -0.1) is 4.98 Å². The maximum absolute atomic E-state index is 14.1. The summed E-state index contributed by atoms with van der Waals surface area (Å²) in [5, 5.41) is 4.32. The van der Waals surface area contributed by atoms with Crippen LogP contribution in [0.5, 0.6) is 0 Å². The molecule has 172 valence electrons. The number of hydrogen-bond acceptors (Lipinski definition) is 4. The molecule has 2 N–H and O–H groups in total. The molecule has 1 unspecified atom stereocenters. The molecule has 0 saturated heterocycles. The number of anilines is 2. The standard InChI is InChI=1S/C26H23ClFN5O/c1-15(29-26(34)17-5-7-18(27)8-6-17)21-11-12-24-23(32-21)4-3-13-33(24)25-20-14-19(28)9-10-22(20)30-16(2)31-25/h5-12,14-15H,3-4,13H2,1-2H3,(H,29,34)/p+1. The molecule has 2 aromatic heterocycles. The zero-order valence-corrected chi connectivity index (χ0v) is 19.7. The Hall–Kier alpha value is -3.58. The maximum Gasteiger partial charge on any atom is 0.251 e. The van der Waals surface area contributed by atoms with Crippen LogP contribution < -0.4 is 15.2 Å². The number of nitrogens with one attached hydrogen (secondary N) is 2. The number of benzene rings is 2. The molecule has 0 bridgehead atoms. The lowest BCUT2D eigenvalue weighted by atomic mass is 10.0. The minimum atomic E-state index is -0.302. The number of H-pyrrole nitrogens is 1. The summed E-state index contributed by atoms with van der Waals surface area (Å²) in [6.07, 6.45) is 1.73. The number of rotatable bonds is 4. The van der Waals surface area contributed by atoms with E-state index in [2.05, 4.69) is 20.2 Å². The molecule has 0 radical (unpaired) electrons. The van der Waals surface area contributed by atoms with E-state index in [-0.39, 0.29) is 17.8 Å². The average molecular weight is 477 g/mol. The molecule has 0 saturated carbocycles. The molecule has 2 aromatic carbocycles. The Morgan fingerprint density at radius 2 is 1.94 bits per heavy atom. The molecule has 0 aliphatic carbocycles. The normalized spacial score (nSPS) is 14.1. The van der Waals surface area contributed by atoms with Gasteiger partial charge in [0.1, 0.15) is 11.5 Å². The van der Waals surface area contributed by atoms with E-state index in [4.69, 9.17) is 16.6 Å².